The molecule has 0 saturated carbocycles. The van der Waals surface area contributed by atoms with Crippen molar-refractivity contribution >= 4 is 61.4 Å². The molecule has 1 unspecified atom stereocenters. The maximum Gasteiger partial charge on any atom is 0.362 e. The van der Waals surface area contributed by atoms with E-state index in [2.05, 4.69) is 0 Å². The van der Waals surface area contributed by atoms with Gasteiger partial charge in [-0.05, 0) is 25.1 Å². The van der Waals surface area contributed by atoms with Gasteiger partial charge in [0, 0.05) is 17.6 Å². The average Bonchev–Trinajstić information content (AvgIpc) is 2.39. The summed E-state index contributed by atoms with van der Waals surface area (Å²) in [5, 5.41) is -1.30. The van der Waals surface area contributed by atoms with Crippen LogP contribution in [0.3, 0.4) is 0 Å². The molecule has 0 saturated heterocycles. The fourth-order valence-electron chi connectivity index (χ4n) is 1.02. The van der Waals surface area contributed by atoms with Crippen LogP contribution in [0.25, 0.3) is 0 Å². The molecule has 0 N–H and O–H groups in total. The van der Waals surface area contributed by atoms with Crippen molar-refractivity contribution in [2.75, 3.05) is 37.5 Å². The van der Waals surface area contributed by atoms with Gasteiger partial charge >= 0.3 is 7.60 Å². The summed E-state index contributed by atoms with van der Waals surface area (Å²) in [5.41, 5.74) is 0. The molecule has 0 radical (unpaired) electrons. The highest BCUT2D eigenvalue weighted by Gasteiger charge is 2.47. The molecule has 0 aromatic carbocycles. The molecule has 0 amide bonds. The van der Waals surface area contributed by atoms with E-state index in [1.54, 1.807) is 0 Å². The van der Waals surface area contributed by atoms with Gasteiger partial charge in [0.1, 0.15) is 0 Å². The smallest absolute Gasteiger partial charge is 0.321 e. The van der Waals surface area contributed by atoms with Gasteiger partial charge in [0.05, 0.1) is 19.8 Å². The zero-order valence-electron chi connectivity index (χ0n) is 11.2. The molecular weight excluding hydrogens is 392 g/mol. The van der Waals surface area contributed by atoms with E-state index in [4.69, 9.17) is 64.1 Å². The molecule has 0 spiro atoms. The largest absolute Gasteiger partial charge is 0.362 e. The lowest BCUT2D eigenvalue weighted by molar-refractivity contribution is 0.113. The molecule has 122 valence electrons. The van der Waals surface area contributed by atoms with Gasteiger partial charge in [0.2, 0.25) is 0 Å². The van der Waals surface area contributed by atoms with Crippen LogP contribution in [0.5, 0.6) is 0 Å². The number of alkyl halides is 3. The molecule has 11 heteroatoms. The lowest BCUT2D eigenvalue weighted by Gasteiger charge is -2.33. The van der Waals surface area contributed by atoms with E-state index in [0.29, 0.717) is 0 Å². The van der Waals surface area contributed by atoms with Crippen molar-refractivity contribution in [2.24, 2.45) is 0 Å². The van der Waals surface area contributed by atoms with E-state index in [1.165, 1.54) is 13.8 Å². The predicted octanol–water partition coefficient (Wildman–Crippen LogP) is 5.16. The van der Waals surface area contributed by atoms with Gasteiger partial charge in [0.25, 0.3) is 7.73 Å². The molecule has 0 aliphatic carbocycles. The SMILES string of the molecule is CC(C)(OP(Cl)OCCCl)P(=O)(OCCCl)OCCCl. The van der Waals surface area contributed by atoms with Gasteiger partial charge < -0.3 is 18.1 Å². The van der Waals surface area contributed by atoms with Crippen LogP contribution in [-0.4, -0.2) is 42.8 Å². The van der Waals surface area contributed by atoms with E-state index in [1.807, 2.05) is 0 Å². The van der Waals surface area contributed by atoms with Crippen LogP contribution >= 0.6 is 61.4 Å². The molecule has 0 heterocycles. The molecule has 20 heavy (non-hydrogen) atoms. The molecule has 0 aromatic rings. The summed E-state index contributed by atoms with van der Waals surface area (Å²) in [7, 11) is -5.39. The first-order valence-corrected chi connectivity index (χ1v) is 10.9. The van der Waals surface area contributed by atoms with Gasteiger partial charge in [-0.15, -0.1) is 34.8 Å². The van der Waals surface area contributed by atoms with Crippen LogP contribution in [0.15, 0.2) is 0 Å². The van der Waals surface area contributed by atoms with Gasteiger partial charge in [0.15, 0.2) is 5.34 Å². The van der Waals surface area contributed by atoms with Gasteiger partial charge in [-0.1, -0.05) is 0 Å². The second kappa shape index (κ2) is 11.2. The predicted molar refractivity (Wildman–Crippen MR) is 85.6 cm³/mol. The van der Waals surface area contributed by atoms with Gasteiger partial charge in [-0.2, -0.15) is 0 Å². The second-order valence-corrected chi connectivity index (χ2v) is 9.23. The standard InChI is InChI=1S/C9H18Cl4O5P2/c1-9(2,18-19(13)15-6-3-10)20(14,16-7-4-11)17-8-5-12/h3-8H2,1-2H3. The van der Waals surface area contributed by atoms with Crippen molar-refractivity contribution < 1.29 is 22.7 Å². The Morgan fingerprint density at radius 3 is 1.85 bits per heavy atom. The Kier molecular flexibility index (Phi) is 12.2. The fourth-order valence-corrected chi connectivity index (χ4v) is 5.06. The molecule has 0 rings (SSSR count). The lowest BCUT2D eigenvalue weighted by atomic mass is 10.5. The lowest BCUT2D eigenvalue weighted by Crippen LogP contribution is -2.26. The summed E-state index contributed by atoms with van der Waals surface area (Å²) in [6.45, 7) is 3.41. The third kappa shape index (κ3) is 7.78. The van der Waals surface area contributed by atoms with Crippen LogP contribution in [0.1, 0.15) is 13.8 Å². The number of rotatable bonds is 12. The Morgan fingerprint density at radius 2 is 1.45 bits per heavy atom. The van der Waals surface area contributed by atoms with Crippen molar-refractivity contribution in [1.82, 2.24) is 0 Å². The monoisotopic (exact) mass is 408 g/mol. The quantitative estimate of drug-likeness (QED) is 0.329. The highest BCUT2D eigenvalue weighted by atomic mass is 35.7. The molecule has 1 atom stereocenters. The molecular formula is C9H18Cl4O5P2. The van der Waals surface area contributed by atoms with Crippen LogP contribution < -0.4 is 0 Å². The van der Waals surface area contributed by atoms with Crippen LogP contribution in [0.2, 0.25) is 0 Å². The Morgan fingerprint density at radius 1 is 1.00 bits per heavy atom. The van der Waals surface area contributed by atoms with Crippen molar-refractivity contribution in [3.05, 3.63) is 0 Å². The van der Waals surface area contributed by atoms with Gasteiger partial charge in [-0.25, -0.2) is 0 Å². The maximum absolute atomic E-state index is 12.7. The Bertz CT molecular complexity index is 296. The minimum absolute atomic E-state index is 0.0522. The zero-order valence-corrected chi connectivity index (χ0v) is 16.0. The Balaban J connectivity index is 4.77. The van der Waals surface area contributed by atoms with E-state index < -0.39 is 20.7 Å². The molecule has 0 bridgehead atoms. The van der Waals surface area contributed by atoms with E-state index in [-0.39, 0.29) is 37.5 Å². The minimum Gasteiger partial charge on any atom is -0.321 e. The van der Waals surface area contributed by atoms with E-state index in [9.17, 15) is 4.57 Å². The van der Waals surface area contributed by atoms with Crippen molar-refractivity contribution in [2.45, 2.75) is 19.2 Å². The summed E-state index contributed by atoms with van der Waals surface area (Å²) in [4.78, 5) is 0. The van der Waals surface area contributed by atoms with Crippen molar-refractivity contribution in [3.8, 4) is 0 Å². The van der Waals surface area contributed by atoms with Crippen LogP contribution in [0, 0.1) is 0 Å². The normalized spacial score (nSPS) is 14.5. The summed E-state index contributed by atoms with van der Waals surface area (Å²) in [6.07, 6.45) is 0. The third-order valence-electron chi connectivity index (χ3n) is 1.90. The first kappa shape index (κ1) is 21.7. The summed E-state index contributed by atoms with van der Waals surface area (Å²) < 4.78 is 33.8. The molecule has 5 nitrogen and oxygen atoms in total. The number of halogens is 4. The molecule has 0 fully saturated rings. The Hall–Kier alpha value is 1.66. The van der Waals surface area contributed by atoms with Crippen molar-refractivity contribution in [1.29, 1.82) is 0 Å². The highest BCUT2D eigenvalue weighted by Crippen LogP contribution is 2.65. The second-order valence-electron chi connectivity index (χ2n) is 3.81. The first-order chi connectivity index (χ1) is 9.33. The number of hydrogen-bond donors (Lipinski definition) is 0. The first-order valence-electron chi connectivity index (χ1n) is 5.68. The molecule has 0 aliphatic heterocycles. The summed E-state index contributed by atoms with van der Waals surface area (Å²) >= 11 is 22.4. The summed E-state index contributed by atoms with van der Waals surface area (Å²) in [5.74, 6) is 0.615. The van der Waals surface area contributed by atoms with Crippen molar-refractivity contribution in [3.63, 3.8) is 0 Å². The fraction of sp³-hybridized carbons (Fsp3) is 1.00. The maximum atomic E-state index is 12.7. The Labute approximate surface area is 140 Å². The van der Waals surface area contributed by atoms with E-state index >= 15 is 0 Å². The average molecular weight is 410 g/mol. The van der Waals surface area contributed by atoms with Crippen LogP contribution in [-0.2, 0) is 22.7 Å². The topological polar surface area (TPSA) is 54.0 Å². The zero-order chi connectivity index (χ0) is 15.6. The molecule has 0 aliphatic rings. The van der Waals surface area contributed by atoms with Gasteiger partial charge in [-0.3, -0.25) is 4.57 Å². The highest BCUT2D eigenvalue weighted by molar-refractivity contribution is 7.76. The third-order valence-corrected chi connectivity index (χ3v) is 6.45. The van der Waals surface area contributed by atoms with E-state index in [0.717, 1.165) is 0 Å². The minimum atomic E-state index is -3.61. The van der Waals surface area contributed by atoms with Crippen LogP contribution in [0.4, 0.5) is 0 Å². The number of hydrogen-bond acceptors (Lipinski definition) is 5. The summed E-state index contributed by atoms with van der Waals surface area (Å²) in [6, 6.07) is 0. The molecule has 0 aromatic heterocycles.